The molecule has 0 radical (unpaired) electrons. The van der Waals surface area contributed by atoms with Crippen LogP contribution >= 0.6 is 0 Å². The third-order valence-electron chi connectivity index (χ3n) is 13.5. The first-order chi connectivity index (χ1) is 34.6. The highest BCUT2D eigenvalue weighted by Gasteiger charge is 2.16. The van der Waals surface area contributed by atoms with Crippen molar-refractivity contribution in [3.8, 4) is 0 Å². The van der Waals surface area contributed by atoms with Gasteiger partial charge in [-0.25, -0.2) is 0 Å². The number of rotatable bonds is 56. The fourth-order valence-corrected chi connectivity index (χ4v) is 8.87. The zero-order valence-corrected chi connectivity index (χ0v) is 46.5. The van der Waals surface area contributed by atoms with E-state index in [0.29, 0.717) is 12.8 Å². The molecule has 1 N–H and O–H groups in total. The Morgan fingerprint density at radius 3 is 0.857 bits per heavy atom. The summed E-state index contributed by atoms with van der Waals surface area (Å²) < 4.78 is 10.7. The molecule has 0 aliphatic carbocycles. The molecule has 0 saturated carbocycles. The van der Waals surface area contributed by atoms with Crippen LogP contribution in [-0.2, 0) is 19.1 Å². The van der Waals surface area contributed by atoms with E-state index in [0.717, 1.165) is 64.2 Å². The Morgan fingerprint density at radius 1 is 0.329 bits per heavy atom. The van der Waals surface area contributed by atoms with Crippen molar-refractivity contribution in [2.45, 2.75) is 315 Å². The second-order valence-electron chi connectivity index (χ2n) is 20.4. The van der Waals surface area contributed by atoms with E-state index in [2.05, 4.69) is 86.8 Å². The Hall–Kier alpha value is -2.66. The third kappa shape index (κ3) is 57.9. The zero-order valence-electron chi connectivity index (χ0n) is 46.5. The minimum Gasteiger partial charge on any atom is -0.462 e. The zero-order chi connectivity index (χ0) is 50.6. The third-order valence-corrected chi connectivity index (χ3v) is 13.5. The van der Waals surface area contributed by atoms with Crippen molar-refractivity contribution in [2.75, 3.05) is 13.2 Å². The summed E-state index contributed by atoms with van der Waals surface area (Å²) in [6.07, 6.45) is 83.2. The Kier molecular flexibility index (Phi) is 58.3. The monoisotopic (exact) mass is 977 g/mol. The van der Waals surface area contributed by atoms with E-state index < -0.39 is 6.10 Å². The van der Waals surface area contributed by atoms with Gasteiger partial charge in [0.05, 0.1) is 6.61 Å². The average molecular weight is 978 g/mol. The molecule has 0 aromatic heterocycles. The first-order valence-electron chi connectivity index (χ1n) is 30.5. The van der Waals surface area contributed by atoms with Crippen LogP contribution in [0.25, 0.3) is 0 Å². The summed E-state index contributed by atoms with van der Waals surface area (Å²) >= 11 is 0. The van der Waals surface area contributed by atoms with Crippen LogP contribution in [0, 0.1) is 0 Å². The molecule has 1 atom stereocenters. The molecule has 0 heterocycles. The van der Waals surface area contributed by atoms with E-state index in [1.807, 2.05) is 0 Å². The van der Waals surface area contributed by atoms with Gasteiger partial charge < -0.3 is 14.6 Å². The van der Waals surface area contributed by atoms with E-state index in [1.54, 1.807) is 0 Å². The van der Waals surface area contributed by atoms with Gasteiger partial charge in [-0.3, -0.25) is 9.59 Å². The number of ether oxygens (including phenoxy) is 2. The maximum absolute atomic E-state index is 12.3. The molecule has 0 saturated heterocycles. The minimum atomic E-state index is -0.778. The van der Waals surface area contributed by atoms with E-state index in [4.69, 9.17) is 9.47 Å². The number of carbonyl (C=O) groups excluding carboxylic acids is 2. The van der Waals surface area contributed by atoms with Crippen LogP contribution in [0.5, 0.6) is 0 Å². The highest BCUT2D eigenvalue weighted by molar-refractivity contribution is 5.70. The van der Waals surface area contributed by atoms with E-state index >= 15 is 0 Å². The van der Waals surface area contributed by atoms with Gasteiger partial charge in [0.25, 0.3) is 0 Å². The molecule has 0 spiro atoms. The van der Waals surface area contributed by atoms with Crippen molar-refractivity contribution in [1.29, 1.82) is 0 Å². The van der Waals surface area contributed by atoms with Gasteiger partial charge in [-0.1, -0.05) is 279 Å². The number of esters is 2. The molecule has 0 fully saturated rings. The van der Waals surface area contributed by atoms with Crippen LogP contribution in [0.15, 0.2) is 72.9 Å². The van der Waals surface area contributed by atoms with E-state index in [-0.39, 0.29) is 25.2 Å². The highest BCUT2D eigenvalue weighted by Crippen LogP contribution is 2.17. The predicted molar refractivity (Wildman–Crippen MR) is 306 cm³/mol. The largest absolute Gasteiger partial charge is 0.462 e. The van der Waals surface area contributed by atoms with Crippen LogP contribution in [0.2, 0.25) is 0 Å². The van der Waals surface area contributed by atoms with Gasteiger partial charge in [-0.15, -0.1) is 0 Å². The molecule has 5 heteroatoms. The molecule has 5 nitrogen and oxygen atoms in total. The first-order valence-corrected chi connectivity index (χ1v) is 30.5. The summed E-state index contributed by atoms with van der Waals surface area (Å²) in [6.45, 7) is 4.14. The fourth-order valence-electron chi connectivity index (χ4n) is 8.87. The average Bonchev–Trinajstić information content (AvgIpc) is 3.36. The second kappa shape index (κ2) is 60.6. The number of carbonyl (C=O) groups is 2. The molecule has 1 unspecified atom stereocenters. The van der Waals surface area contributed by atoms with Crippen molar-refractivity contribution < 1.29 is 24.2 Å². The number of aliphatic hydroxyl groups excluding tert-OH is 1. The quantitative estimate of drug-likeness (QED) is 0.0373. The van der Waals surface area contributed by atoms with Gasteiger partial charge in [0.1, 0.15) is 6.61 Å². The topological polar surface area (TPSA) is 72.8 Å². The normalized spacial score (nSPS) is 12.7. The second-order valence-corrected chi connectivity index (χ2v) is 20.4. The van der Waals surface area contributed by atoms with Crippen LogP contribution < -0.4 is 0 Å². The molecule has 0 aromatic rings. The molecular weight excluding hydrogens is 861 g/mol. The smallest absolute Gasteiger partial charge is 0.306 e. The predicted octanol–water partition coefficient (Wildman–Crippen LogP) is 20.8. The summed E-state index contributed by atoms with van der Waals surface area (Å²) in [4.78, 5) is 24.6. The summed E-state index contributed by atoms with van der Waals surface area (Å²) in [6, 6.07) is 0. The highest BCUT2D eigenvalue weighted by atomic mass is 16.6. The summed E-state index contributed by atoms with van der Waals surface area (Å²) in [5.41, 5.74) is 0. The Labute approximate surface area is 435 Å². The van der Waals surface area contributed by atoms with E-state index in [1.165, 1.54) is 218 Å². The molecular formula is C65H116O5. The molecule has 0 bridgehead atoms. The SMILES string of the molecule is CCCCCCC/C=C\C/C=C\C/C=C\CCCCCCCCCCCCCCCCCCCCC(=O)OC(CO)COC(=O)CCCCCCCCCC/C=C\C/C=C\C/C=C\CCCCCCC. The van der Waals surface area contributed by atoms with Gasteiger partial charge in [-0.05, 0) is 89.9 Å². The van der Waals surface area contributed by atoms with Crippen molar-refractivity contribution >= 4 is 11.9 Å². The molecule has 0 aliphatic rings. The van der Waals surface area contributed by atoms with Gasteiger partial charge in [0.15, 0.2) is 6.10 Å². The number of allylic oxidation sites excluding steroid dienone is 12. The lowest BCUT2D eigenvalue weighted by atomic mass is 10.0. The van der Waals surface area contributed by atoms with Crippen molar-refractivity contribution in [3.05, 3.63) is 72.9 Å². The maximum Gasteiger partial charge on any atom is 0.306 e. The standard InChI is InChI=1S/C65H116O5/c1-3-5-7-9-11-13-15-17-19-21-23-25-27-28-29-30-31-32-33-34-35-36-38-40-42-44-46-48-50-52-54-56-58-60-65(68)70-63(61-66)62-69-64(67)59-57-55-53-51-49-47-45-43-41-39-37-26-24-22-20-18-16-14-12-10-8-6-4-2/h15-18,21-24,27-28,37,39,63,66H,3-14,19-20,25-26,29-36,38,40-62H2,1-2H3/b17-15-,18-16-,23-21-,24-22-,28-27-,39-37-. The van der Waals surface area contributed by atoms with Crippen molar-refractivity contribution in [2.24, 2.45) is 0 Å². The lowest BCUT2D eigenvalue weighted by Gasteiger charge is -2.15. The van der Waals surface area contributed by atoms with Gasteiger partial charge >= 0.3 is 11.9 Å². The molecule has 0 aromatic carbocycles. The van der Waals surface area contributed by atoms with Gasteiger partial charge in [0, 0.05) is 12.8 Å². The molecule has 406 valence electrons. The molecule has 0 amide bonds. The summed E-state index contributed by atoms with van der Waals surface area (Å²) in [7, 11) is 0. The number of unbranched alkanes of at least 4 members (excludes halogenated alkanes) is 36. The van der Waals surface area contributed by atoms with Gasteiger partial charge in [-0.2, -0.15) is 0 Å². The Morgan fingerprint density at radius 2 is 0.571 bits per heavy atom. The molecule has 70 heavy (non-hydrogen) atoms. The summed E-state index contributed by atoms with van der Waals surface area (Å²) in [5, 5.41) is 9.67. The number of hydrogen-bond acceptors (Lipinski definition) is 5. The van der Waals surface area contributed by atoms with Crippen LogP contribution in [-0.4, -0.2) is 36.4 Å². The van der Waals surface area contributed by atoms with Crippen molar-refractivity contribution in [1.82, 2.24) is 0 Å². The Bertz CT molecular complexity index is 1240. The minimum absolute atomic E-state index is 0.0697. The van der Waals surface area contributed by atoms with Gasteiger partial charge in [0.2, 0.25) is 0 Å². The molecule has 0 aliphatic heterocycles. The maximum atomic E-state index is 12.3. The van der Waals surface area contributed by atoms with Crippen LogP contribution in [0.4, 0.5) is 0 Å². The Balaban J connectivity index is 3.47. The first kappa shape index (κ1) is 67.3. The summed E-state index contributed by atoms with van der Waals surface area (Å²) in [5.74, 6) is -0.589. The lowest BCUT2D eigenvalue weighted by Crippen LogP contribution is -2.28. The van der Waals surface area contributed by atoms with E-state index in [9.17, 15) is 14.7 Å². The fraction of sp³-hybridized carbons (Fsp3) is 0.785. The molecule has 0 rings (SSSR count). The van der Waals surface area contributed by atoms with Crippen molar-refractivity contribution in [3.63, 3.8) is 0 Å². The van der Waals surface area contributed by atoms with Crippen LogP contribution in [0.3, 0.4) is 0 Å². The van der Waals surface area contributed by atoms with Crippen LogP contribution in [0.1, 0.15) is 309 Å². The lowest BCUT2D eigenvalue weighted by molar-refractivity contribution is -0.161. The number of hydrogen-bond donors (Lipinski definition) is 1. The number of aliphatic hydroxyl groups is 1.